The molecule has 2 unspecified atom stereocenters. The van der Waals surface area contributed by atoms with Gasteiger partial charge in [-0.15, -0.1) is 11.3 Å². The van der Waals surface area contributed by atoms with E-state index in [9.17, 15) is 0 Å². The van der Waals surface area contributed by atoms with Crippen LogP contribution in [0, 0.1) is 0 Å². The van der Waals surface area contributed by atoms with Crippen LogP contribution < -0.4 is 5.32 Å². The highest BCUT2D eigenvalue weighted by Gasteiger charge is 2.07. The fourth-order valence-electron chi connectivity index (χ4n) is 2.00. The molecule has 2 rings (SSSR count). The zero-order valence-corrected chi connectivity index (χ0v) is 12.1. The molecule has 0 fully saturated rings. The van der Waals surface area contributed by atoms with E-state index in [0.29, 0.717) is 12.0 Å². The third kappa shape index (κ3) is 3.14. The Hall–Kier alpha value is -1.28. The largest absolute Gasteiger partial charge is 0.378 e. The molecular formula is C16H21NS. The minimum atomic E-state index is 0.374. The van der Waals surface area contributed by atoms with E-state index in [2.05, 4.69) is 67.9 Å². The van der Waals surface area contributed by atoms with E-state index in [4.69, 9.17) is 0 Å². The van der Waals surface area contributed by atoms with E-state index in [1.807, 2.05) is 0 Å². The summed E-state index contributed by atoms with van der Waals surface area (Å²) in [6, 6.07) is 13.5. The maximum Gasteiger partial charge on any atom is 0.0578 e. The van der Waals surface area contributed by atoms with Crippen LogP contribution in [0.25, 0.3) is 0 Å². The van der Waals surface area contributed by atoms with Gasteiger partial charge in [-0.05, 0) is 48.4 Å². The Balaban J connectivity index is 2.02. The Morgan fingerprint density at radius 3 is 2.39 bits per heavy atom. The van der Waals surface area contributed by atoms with Crippen molar-refractivity contribution in [1.82, 2.24) is 0 Å². The lowest BCUT2D eigenvalue weighted by Gasteiger charge is -2.15. The van der Waals surface area contributed by atoms with Gasteiger partial charge in [-0.3, -0.25) is 0 Å². The molecule has 0 aliphatic heterocycles. The van der Waals surface area contributed by atoms with Crippen LogP contribution in [0.15, 0.2) is 41.8 Å². The van der Waals surface area contributed by atoms with E-state index in [-0.39, 0.29) is 0 Å². The van der Waals surface area contributed by atoms with Gasteiger partial charge >= 0.3 is 0 Å². The van der Waals surface area contributed by atoms with Crippen LogP contribution in [-0.2, 0) is 0 Å². The van der Waals surface area contributed by atoms with Crippen molar-refractivity contribution in [2.24, 2.45) is 0 Å². The molecule has 2 heteroatoms. The van der Waals surface area contributed by atoms with Crippen LogP contribution in [0.1, 0.15) is 49.6 Å². The van der Waals surface area contributed by atoms with Gasteiger partial charge in [0, 0.05) is 10.6 Å². The van der Waals surface area contributed by atoms with Crippen LogP contribution in [-0.4, -0.2) is 0 Å². The molecule has 1 heterocycles. The summed E-state index contributed by atoms with van der Waals surface area (Å²) in [7, 11) is 0. The molecule has 0 spiro atoms. The van der Waals surface area contributed by atoms with Crippen LogP contribution in [0.5, 0.6) is 0 Å². The molecule has 1 N–H and O–H groups in total. The molecule has 0 saturated heterocycles. The Morgan fingerprint density at radius 2 is 1.83 bits per heavy atom. The number of rotatable bonds is 5. The Bertz CT molecular complexity index is 458. The number of benzene rings is 1. The second-order valence-electron chi connectivity index (χ2n) is 4.81. The van der Waals surface area contributed by atoms with Crippen LogP contribution in [0.3, 0.4) is 0 Å². The van der Waals surface area contributed by atoms with Gasteiger partial charge in [-0.25, -0.2) is 0 Å². The molecule has 1 nitrogen and oxygen atoms in total. The molecule has 96 valence electrons. The second kappa shape index (κ2) is 6.05. The number of anilines is 1. The lowest BCUT2D eigenvalue weighted by Crippen LogP contribution is -2.04. The molecule has 2 aromatic rings. The maximum atomic E-state index is 3.54. The monoisotopic (exact) mass is 259 g/mol. The van der Waals surface area contributed by atoms with Crippen molar-refractivity contribution < 1.29 is 0 Å². The Labute approximate surface area is 114 Å². The smallest absolute Gasteiger partial charge is 0.0578 e. The molecule has 0 bridgehead atoms. The summed E-state index contributed by atoms with van der Waals surface area (Å²) in [6.07, 6.45) is 1.19. The normalized spacial score (nSPS) is 14.2. The minimum Gasteiger partial charge on any atom is -0.378 e. The lowest BCUT2D eigenvalue weighted by molar-refractivity contribution is 0.733. The summed E-state index contributed by atoms with van der Waals surface area (Å²) >= 11 is 1.80. The molecule has 18 heavy (non-hydrogen) atoms. The summed E-state index contributed by atoms with van der Waals surface area (Å²) in [5.74, 6) is 0.647. The summed E-state index contributed by atoms with van der Waals surface area (Å²) in [6.45, 7) is 6.71. The summed E-state index contributed by atoms with van der Waals surface area (Å²) in [5.41, 5.74) is 2.62. The van der Waals surface area contributed by atoms with Gasteiger partial charge in [0.05, 0.1) is 6.04 Å². The zero-order valence-electron chi connectivity index (χ0n) is 11.3. The van der Waals surface area contributed by atoms with E-state index in [0.717, 1.165) is 0 Å². The first-order chi connectivity index (χ1) is 8.70. The standard InChI is InChI=1S/C16H21NS/c1-4-12(2)14-7-9-15(10-8-14)17-13(3)16-6-5-11-18-16/h5-13,17H,4H2,1-3H3. The fraction of sp³-hybridized carbons (Fsp3) is 0.375. The van der Waals surface area contributed by atoms with Crippen LogP contribution in [0.4, 0.5) is 5.69 Å². The van der Waals surface area contributed by atoms with Crippen molar-refractivity contribution in [3.05, 3.63) is 52.2 Å². The van der Waals surface area contributed by atoms with Gasteiger partial charge in [-0.1, -0.05) is 32.0 Å². The first-order valence-corrected chi connectivity index (χ1v) is 7.48. The van der Waals surface area contributed by atoms with Gasteiger partial charge < -0.3 is 5.32 Å². The summed E-state index contributed by atoms with van der Waals surface area (Å²) in [5, 5.41) is 5.66. The quantitative estimate of drug-likeness (QED) is 0.754. The molecule has 2 atom stereocenters. The average molecular weight is 259 g/mol. The van der Waals surface area contributed by atoms with Crippen LogP contribution >= 0.6 is 11.3 Å². The van der Waals surface area contributed by atoms with Gasteiger partial charge in [0.1, 0.15) is 0 Å². The SMILES string of the molecule is CCC(C)c1ccc(NC(C)c2cccs2)cc1. The zero-order chi connectivity index (χ0) is 13.0. The van der Waals surface area contributed by atoms with Crippen molar-refractivity contribution >= 4 is 17.0 Å². The van der Waals surface area contributed by atoms with E-state index < -0.39 is 0 Å². The van der Waals surface area contributed by atoms with Crippen molar-refractivity contribution in [1.29, 1.82) is 0 Å². The number of nitrogens with one attached hydrogen (secondary N) is 1. The Kier molecular flexibility index (Phi) is 4.43. The molecule has 0 aliphatic rings. The first-order valence-electron chi connectivity index (χ1n) is 6.60. The van der Waals surface area contributed by atoms with Gasteiger partial charge in [0.15, 0.2) is 0 Å². The fourth-order valence-corrected chi connectivity index (χ4v) is 2.74. The predicted octanol–water partition coefficient (Wildman–Crippen LogP) is 5.43. The molecular weight excluding hydrogens is 238 g/mol. The Morgan fingerprint density at radius 1 is 1.11 bits per heavy atom. The average Bonchev–Trinajstić information content (AvgIpc) is 2.92. The van der Waals surface area contributed by atoms with Crippen molar-refractivity contribution in [2.75, 3.05) is 5.32 Å². The molecule has 0 radical (unpaired) electrons. The van der Waals surface area contributed by atoms with Gasteiger partial charge in [0.25, 0.3) is 0 Å². The second-order valence-corrected chi connectivity index (χ2v) is 5.79. The lowest BCUT2D eigenvalue weighted by atomic mass is 9.98. The highest BCUT2D eigenvalue weighted by Crippen LogP contribution is 2.25. The number of hydrogen-bond donors (Lipinski definition) is 1. The molecule has 1 aromatic heterocycles. The van der Waals surface area contributed by atoms with Gasteiger partial charge in [-0.2, -0.15) is 0 Å². The predicted molar refractivity (Wildman–Crippen MR) is 81.5 cm³/mol. The molecule has 0 saturated carbocycles. The topological polar surface area (TPSA) is 12.0 Å². The van der Waals surface area contributed by atoms with Gasteiger partial charge in [0.2, 0.25) is 0 Å². The first kappa shape index (κ1) is 13.2. The van der Waals surface area contributed by atoms with Crippen molar-refractivity contribution in [3.8, 4) is 0 Å². The van der Waals surface area contributed by atoms with Crippen molar-refractivity contribution in [2.45, 2.75) is 39.2 Å². The minimum absolute atomic E-state index is 0.374. The number of hydrogen-bond acceptors (Lipinski definition) is 2. The highest BCUT2D eigenvalue weighted by atomic mass is 32.1. The number of thiophene rings is 1. The molecule has 1 aromatic carbocycles. The summed E-state index contributed by atoms with van der Waals surface area (Å²) in [4.78, 5) is 1.38. The van der Waals surface area contributed by atoms with E-state index >= 15 is 0 Å². The van der Waals surface area contributed by atoms with E-state index in [1.165, 1.54) is 22.5 Å². The van der Waals surface area contributed by atoms with E-state index in [1.54, 1.807) is 11.3 Å². The molecule has 0 aliphatic carbocycles. The molecule has 0 amide bonds. The summed E-state index contributed by atoms with van der Waals surface area (Å²) < 4.78 is 0. The third-order valence-electron chi connectivity index (χ3n) is 3.45. The van der Waals surface area contributed by atoms with Crippen molar-refractivity contribution in [3.63, 3.8) is 0 Å². The van der Waals surface area contributed by atoms with Crippen LogP contribution in [0.2, 0.25) is 0 Å². The third-order valence-corrected chi connectivity index (χ3v) is 4.50. The highest BCUT2D eigenvalue weighted by molar-refractivity contribution is 7.10. The maximum absolute atomic E-state index is 3.54.